The fourth-order valence-corrected chi connectivity index (χ4v) is 2.01. The number of nitrogens with zero attached hydrogens (tertiary/aromatic N) is 2. The van der Waals surface area contributed by atoms with Gasteiger partial charge in [-0.05, 0) is 0 Å². The highest BCUT2D eigenvalue weighted by molar-refractivity contribution is 7.87. The van der Waals surface area contributed by atoms with Crippen molar-refractivity contribution in [3.8, 4) is 0 Å². The van der Waals surface area contributed by atoms with E-state index in [1.807, 2.05) is 0 Å². The molecule has 102 valence electrons. The van der Waals surface area contributed by atoms with Crippen molar-refractivity contribution in [2.24, 2.45) is 0 Å². The van der Waals surface area contributed by atoms with E-state index in [2.05, 4.69) is 19.4 Å². The van der Waals surface area contributed by atoms with E-state index in [0.717, 1.165) is 4.31 Å². The molecule has 8 nitrogen and oxygen atoms in total. The molecule has 0 saturated heterocycles. The number of aromatic amines is 1. The van der Waals surface area contributed by atoms with Crippen LogP contribution < -0.4 is 4.72 Å². The van der Waals surface area contributed by atoms with Crippen LogP contribution in [0.3, 0.4) is 0 Å². The van der Waals surface area contributed by atoms with E-state index in [1.54, 1.807) is 6.20 Å². The molecule has 0 radical (unpaired) electrons. The first kappa shape index (κ1) is 14.6. The summed E-state index contributed by atoms with van der Waals surface area (Å²) in [5.74, 6) is 0.0584. The first-order chi connectivity index (χ1) is 8.45. The van der Waals surface area contributed by atoms with Crippen molar-refractivity contribution in [3.63, 3.8) is 0 Å². The maximum absolute atomic E-state index is 11.7. The lowest BCUT2D eigenvalue weighted by Crippen LogP contribution is -2.39. The van der Waals surface area contributed by atoms with E-state index < -0.39 is 16.2 Å². The zero-order valence-electron chi connectivity index (χ0n) is 10.2. The van der Waals surface area contributed by atoms with Gasteiger partial charge >= 0.3 is 5.97 Å². The number of rotatable bonds is 7. The van der Waals surface area contributed by atoms with E-state index >= 15 is 0 Å². The predicted molar refractivity (Wildman–Crippen MR) is 63.6 cm³/mol. The summed E-state index contributed by atoms with van der Waals surface area (Å²) in [6.45, 7) is 0.123. The van der Waals surface area contributed by atoms with Crippen LogP contribution in [0.15, 0.2) is 12.4 Å². The van der Waals surface area contributed by atoms with Crippen LogP contribution in [0.25, 0.3) is 0 Å². The third-order valence-electron chi connectivity index (χ3n) is 2.25. The van der Waals surface area contributed by atoms with Crippen LogP contribution in [0.4, 0.5) is 0 Å². The standard InChI is InChI=1S/C9H16N4O4S/c1-13(6-3-9(14)17-2)18(15,16)12-7-8-10-4-5-11-8/h4-5,12H,3,6-7H2,1-2H3,(H,10,11). The van der Waals surface area contributed by atoms with Gasteiger partial charge in [0.15, 0.2) is 0 Å². The van der Waals surface area contributed by atoms with E-state index in [-0.39, 0.29) is 19.5 Å². The molecular weight excluding hydrogens is 260 g/mol. The number of carbonyl (C=O) groups is 1. The van der Waals surface area contributed by atoms with E-state index in [1.165, 1.54) is 20.4 Å². The van der Waals surface area contributed by atoms with Crippen LogP contribution in [0, 0.1) is 0 Å². The minimum Gasteiger partial charge on any atom is -0.469 e. The monoisotopic (exact) mass is 276 g/mol. The molecule has 0 fully saturated rings. The number of aromatic nitrogens is 2. The van der Waals surface area contributed by atoms with Crippen molar-refractivity contribution >= 4 is 16.2 Å². The predicted octanol–water partition coefficient (Wildman–Crippen LogP) is -0.761. The van der Waals surface area contributed by atoms with Crippen LogP contribution >= 0.6 is 0 Å². The Morgan fingerprint density at radius 1 is 1.61 bits per heavy atom. The van der Waals surface area contributed by atoms with Crippen molar-refractivity contribution < 1.29 is 17.9 Å². The van der Waals surface area contributed by atoms with Gasteiger partial charge in [0.1, 0.15) is 5.82 Å². The zero-order chi connectivity index (χ0) is 13.6. The molecule has 9 heteroatoms. The van der Waals surface area contributed by atoms with Gasteiger partial charge in [0, 0.05) is 26.0 Å². The Bertz CT molecular complexity index is 471. The largest absolute Gasteiger partial charge is 0.469 e. The molecule has 0 bridgehead atoms. The van der Waals surface area contributed by atoms with Crippen LogP contribution in [0.1, 0.15) is 12.2 Å². The van der Waals surface area contributed by atoms with E-state index in [4.69, 9.17) is 0 Å². The molecule has 0 spiro atoms. The lowest BCUT2D eigenvalue weighted by Gasteiger charge is -2.16. The molecule has 0 aliphatic rings. The molecule has 0 saturated carbocycles. The Labute approximate surface area is 106 Å². The zero-order valence-corrected chi connectivity index (χ0v) is 11.0. The average Bonchev–Trinajstić information content (AvgIpc) is 2.86. The normalized spacial score (nSPS) is 11.7. The van der Waals surface area contributed by atoms with Crippen LogP contribution in [-0.2, 0) is 26.3 Å². The van der Waals surface area contributed by atoms with Crippen LogP contribution in [0.2, 0.25) is 0 Å². The first-order valence-corrected chi connectivity index (χ1v) is 6.65. The highest BCUT2D eigenvalue weighted by Crippen LogP contribution is 1.98. The fourth-order valence-electron chi connectivity index (χ4n) is 1.14. The smallest absolute Gasteiger partial charge is 0.306 e. The number of hydrogen-bond acceptors (Lipinski definition) is 5. The Morgan fingerprint density at radius 2 is 2.33 bits per heavy atom. The topological polar surface area (TPSA) is 104 Å². The van der Waals surface area contributed by atoms with Gasteiger partial charge in [-0.3, -0.25) is 4.79 Å². The minimum atomic E-state index is -3.62. The maximum Gasteiger partial charge on any atom is 0.306 e. The highest BCUT2D eigenvalue weighted by Gasteiger charge is 2.18. The van der Waals surface area contributed by atoms with Crippen molar-refractivity contribution in [1.82, 2.24) is 19.0 Å². The molecule has 1 aromatic heterocycles. The molecule has 2 N–H and O–H groups in total. The van der Waals surface area contributed by atoms with E-state index in [0.29, 0.717) is 5.82 Å². The summed E-state index contributed by atoms with van der Waals surface area (Å²) in [6, 6.07) is 0. The molecule has 0 aliphatic carbocycles. The number of esters is 1. The van der Waals surface area contributed by atoms with Crippen molar-refractivity contribution in [2.45, 2.75) is 13.0 Å². The average molecular weight is 276 g/mol. The first-order valence-electron chi connectivity index (χ1n) is 5.21. The fraction of sp³-hybridized carbons (Fsp3) is 0.556. The number of methoxy groups -OCH3 is 1. The van der Waals surface area contributed by atoms with Gasteiger partial charge in [0.25, 0.3) is 10.2 Å². The van der Waals surface area contributed by atoms with Gasteiger partial charge in [-0.1, -0.05) is 0 Å². The maximum atomic E-state index is 11.7. The van der Waals surface area contributed by atoms with E-state index in [9.17, 15) is 13.2 Å². The molecule has 0 amide bonds. The number of H-pyrrole nitrogens is 1. The SMILES string of the molecule is COC(=O)CCN(C)S(=O)(=O)NCc1ncc[nH]1. The van der Waals surface area contributed by atoms with Crippen molar-refractivity contribution in [1.29, 1.82) is 0 Å². The van der Waals surface area contributed by atoms with Crippen molar-refractivity contribution in [3.05, 3.63) is 18.2 Å². The van der Waals surface area contributed by atoms with Crippen LogP contribution in [0.5, 0.6) is 0 Å². The minimum absolute atomic E-state index is 0.00859. The second-order valence-electron chi connectivity index (χ2n) is 3.51. The lowest BCUT2D eigenvalue weighted by atomic mass is 10.4. The summed E-state index contributed by atoms with van der Waals surface area (Å²) in [4.78, 5) is 17.6. The number of nitrogens with one attached hydrogen (secondary N) is 2. The summed E-state index contributed by atoms with van der Waals surface area (Å²) >= 11 is 0. The molecule has 0 aromatic carbocycles. The molecular formula is C9H16N4O4S. The highest BCUT2D eigenvalue weighted by atomic mass is 32.2. The number of ether oxygens (including phenoxy) is 1. The second-order valence-corrected chi connectivity index (χ2v) is 5.37. The third kappa shape index (κ3) is 4.43. The van der Waals surface area contributed by atoms with Gasteiger partial charge in [-0.15, -0.1) is 0 Å². The van der Waals surface area contributed by atoms with Gasteiger partial charge in [0.2, 0.25) is 0 Å². The number of carbonyl (C=O) groups excluding carboxylic acids is 1. The molecule has 0 unspecified atom stereocenters. The Kier molecular flexibility index (Phi) is 5.25. The van der Waals surface area contributed by atoms with Crippen LogP contribution in [-0.4, -0.2) is 49.4 Å². The Hall–Kier alpha value is -1.45. The molecule has 1 aromatic rings. The van der Waals surface area contributed by atoms with Gasteiger partial charge < -0.3 is 9.72 Å². The summed E-state index contributed by atoms with van der Waals surface area (Å²) in [7, 11) is -0.986. The second kappa shape index (κ2) is 6.47. The molecule has 1 rings (SSSR count). The Morgan fingerprint density at radius 3 is 2.89 bits per heavy atom. The third-order valence-corrected chi connectivity index (χ3v) is 3.76. The Balaban J connectivity index is 2.44. The molecule has 1 heterocycles. The number of hydrogen-bond donors (Lipinski definition) is 2. The summed E-state index contributed by atoms with van der Waals surface area (Å²) in [5, 5.41) is 0. The quantitative estimate of drug-likeness (QED) is 0.637. The summed E-state index contributed by atoms with van der Waals surface area (Å²) < 4.78 is 31.3. The van der Waals surface area contributed by atoms with Gasteiger partial charge in [-0.25, -0.2) is 4.98 Å². The van der Waals surface area contributed by atoms with Gasteiger partial charge in [-0.2, -0.15) is 17.4 Å². The van der Waals surface area contributed by atoms with Crippen molar-refractivity contribution in [2.75, 3.05) is 20.7 Å². The lowest BCUT2D eigenvalue weighted by molar-refractivity contribution is -0.140. The molecule has 18 heavy (non-hydrogen) atoms. The summed E-state index contributed by atoms with van der Waals surface area (Å²) in [6.07, 6.45) is 3.14. The molecule has 0 atom stereocenters. The molecule has 0 aliphatic heterocycles. The summed E-state index contributed by atoms with van der Waals surface area (Å²) in [5.41, 5.74) is 0. The number of imidazole rings is 1. The van der Waals surface area contributed by atoms with Gasteiger partial charge in [0.05, 0.1) is 20.1 Å².